The maximum atomic E-state index is 12.7. The number of carbonyl (C=O) groups is 1. The van der Waals surface area contributed by atoms with Crippen molar-refractivity contribution in [2.75, 3.05) is 44.5 Å². The highest BCUT2D eigenvalue weighted by Crippen LogP contribution is 2.35. The summed E-state index contributed by atoms with van der Waals surface area (Å²) in [4.78, 5) is 12.7. The van der Waals surface area contributed by atoms with Gasteiger partial charge in [0.05, 0.1) is 30.6 Å². The lowest BCUT2D eigenvalue weighted by atomic mass is 10.2. The fourth-order valence-corrected chi connectivity index (χ4v) is 3.67. The van der Waals surface area contributed by atoms with Crippen LogP contribution in [-0.4, -0.2) is 53.5 Å². The summed E-state index contributed by atoms with van der Waals surface area (Å²) in [6.45, 7) is -0.432. The quantitative estimate of drug-likeness (QED) is 0.699. The molecule has 10 heteroatoms. The van der Waals surface area contributed by atoms with Crippen molar-refractivity contribution in [3.05, 3.63) is 47.5 Å². The zero-order valence-electron chi connectivity index (χ0n) is 16.0. The molecule has 0 saturated heterocycles. The number of rotatable bonds is 8. The zero-order valence-corrected chi connectivity index (χ0v) is 17.5. The highest BCUT2D eigenvalue weighted by atomic mass is 35.5. The Labute approximate surface area is 169 Å². The van der Waals surface area contributed by atoms with Gasteiger partial charge in [-0.15, -0.1) is 0 Å². The highest BCUT2D eigenvalue weighted by Gasteiger charge is 2.27. The summed E-state index contributed by atoms with van der Waals surface area (Å²) in [5.74, 6) is 0.108. The van der Waals surface area contributed by atoms with Crippen LogP contribution in [0, 0.1) is 0 Å². The van der Waals surface area contributed by atoms with Crippen molar-refractivity contribution < 1.29 is 22.7 Å². The molecule has 0 saturated carbocycles. The summed E-state index contributed by atoms with van der Waals surface area (Å²) in [6, 6.07) is 11.4. The van der Waals surface area contributed by atoms with Gasteiger partial charge in [0, 0.05) is 26.2 Å². The monoisotopic (exact) mass is 427 g/mol. The van der Waals surface area contributed by atoms with E-state index in [2.05, 4.69) is 5.32 Å². The van der Waals surface area contributed by atoms with Crippen LogP contribution in [0.15, 0.2) is 42.5 Å². The van der Waals surface area contributed by atoms with Crippen molar-refractivity contribution in [2.45, 2.75) is 0 Å². The molecule has 152 valence electrons. The lowest BCUT2D eigenvalue weighted by Crippen LogP contribution is -2.44. The molecule has 0 aliphatic heterocycles. The summed E-state index contributed by atoms with van der Waals surface area (Å²) in [5.41, 5.74) is 0.677. The summed E-state index contributed by atoms with van der Waals surface area (Å²) in [5, 5.41) is 2.97. The summed E-state index contributed by atoms with van der Waals surface area (Å²) in [6.07, 6.45) is 0. The number of halogens is 1. The number of methoxy groups -OCH3 is 2. The third kappa shape index (κ3) is 4.86. The van der Waals surface area contributed by atoms with Crippen LogP contribution >= 0.6 is 11.6 Å². The molecule has 0 aromatic heterocycles. The number of carbonyl (C=O) groups excluding carboxylic acids is 1. The lowest BCUT2D eigenvalue weighted by Gasteiger charge is -2.27. The summed E-state index contributed by atoms with van der Waals surface area (Å²) >= 11 is 6.07. The molecule has 0 atom stereocenters. The number of hydrogen-bond donors (Lipinski definition) is 1. The van der Waals surface area contributed by atoms with E-state index in [-0.39, 0.29) is 0 Å². The molecule has 0 radical (unpaired) electrons. The number of amides is 1. The van der Waals surface area contributed by atoms with Crippen LogP contribution in [-0.2, 0) is 15.0 Å². The summed E-state index contributed by atoms with van der Waals surface area (Å²) in [7, 11) is 1.79. The van der Waals surface area contributed by atoms with Gasteiger partial charge in [0.2, 0.25) is 5.91 Å². The van der Waals surface area contributed by atoms with Crippen LogP contribution in [0.1, 0.15) is 0 Å². The van der Waals surface area contributed by atoms with Gasteiger partial charge in [-0.25, -0.2) is 4.31 Å². The normalized spacial score (nSPS) is 11.2. The van der Waals surface area contributed by atoms with E-state index in [1.807, 2.05) is 0 Å². The molecule has 2 aromatic rings. The van der Waals surface area contributed by atoms with E-state index in [1.165, 1.54) is 40.4 Å². The number of para-hydroxylation sites is 1. The predicted molar refractivity (Wildman–Crippen MR) is 110 cm³/mol. The Balaban J connectivity index is 2.33. The van der Waals surface area contributed by atoms with E-state index < -0.39 is 22.7 Å². The van der Waals surface area contributed by atoms with Gasteiger partial charge in [0.25, 0.3) is 0 Å². The van der Waals surface area contributed by atoms with E-state index in [0.717, 1.165) is 8.61 Å². The van der Waals surface area contributed by atoms with E-state index in [9.17, 15) is 13.2 Å². The lowest BCUT2D eigenvalue weighted by molar-refractivity contribution is -0.114. The second kappa shape index (κ2) is 9.13. The molecule has 0 fully saturated rings. The van der Waals surface area contributed by atoms with Crippen LogP contribution in [0.3, 0.4) is 0 Å². The van der Waals surface area contributed by atoms with Crippen molar-refractivity contribution in [3.63, 3.8) is 0 Å². The average Bonchev–Trinajstić information content (AvgIpc) is 2.67. The first-order valence-corrected chi connectivity index (χ1v) is 9.94. The van der Waals surface area contributed by atoms with E-state index in [4.69, 9.17) is 21.1 Å². The third-order valence-corrected chi connectivity index (χ3v) is 5.93. The molecule has 0 aliphatic rings. The molecule has 0 unspecified atom stereocenters. The number of hydrogen-bond acceptors (Lipinski definition) is 5. The minimum Gasteiger partial charge on any atom is -0.495 e. The zero-order chi connectivity index (χ0) is 20.9. The van der Waals surface area contributed by atoms with Crippen molar-refractivity contribution >= 4 is 39.1 Å². The fraction of sp³-hybridized carbons (Fsp3) is 0.278. The fourth-order valence-electron chi connectivity index (χ4n) is 2.38. The maximum absolute atomic E-state index is 12.7. The number of benzene rings is 2. The first-order valence-electron chi connectivity index (χ1n) is 8.17. The Morgan fingerprint density at radius 3 is 2.21 bits per heavy atom. The molecule has 0 bridgehead atoms. The van der Waals surface area contributed by atoms with Crippen LogP contribution < -0.4 is 19.1 Å². The van der Waals surface area contributed by atoms with Gasteiger partial charge in [-0.2, -0.15) is 12.7 Å². The maximum Gasteiger partial charge on any atom is 0.304 e. The SMILES string of the molecule is COc1cc(NC(=O)CN(c2ccccc2)S(=O)(=O)N(C)C)c(OC)cc1Cl. The van der Waals surface area contributed by atoms with Crippen LogP contribution in [0.4, 0.5) is 11.4 Å². The van der Waals surface area contributed by atoms with Crippen LogP contribution in [0.25, 0.3) is 0 Å². The molecular formula is C18H22ClN3O5S. The molecule has 0 aliphatic carbocycles. The number of anilines is 2. The van der Waals surface area contributed by atoms with E-state index in [0.29, 0.717) is 27.9 Å². The molecule has 1 N–H and O–H groups in total. The van der Waals surface area contributed by atoms with Gasteiger partial charge in [0.1, 0.15) is 18.0 Å². The molecule has 0 heterocycles. The second-order valence-corrected chi connectivity index (χ2v) is 8.34. The van der Waals surface area contributed by atoms with Crippen molar-refractivity contribution in [2.24, 2.45) is 0 Å². The smallest absolute Gasteiger partial charge is 0.304 e. The van der Waals surface area contributed by atoms with Crippen molar-refractivity contribution in [3.8, 4) is 11.5 Å². The number of nitrogens with zero attached hydrogens (tertiary/aromatic N) is 2. The molecular weight excluding hydrogens is 406 g/mol. The van der Waals surface area contributed by atoms with Gasteiger partial charge in [-0.1, -0.05) is 29.8 Å². The first-order chi connectivity index (χ1) is 13.2. The largest absolute Gasteiger partial charge is 0.495 e. The molecule has 0 spiro atoms. The summed E-state index contributed by atoms with van der Waals surface area (Å²) < 4.78 is 37.8. The molecule has 2 aromatic carbocycles. The van der Waals surface area contributed by atoms with Crippen molar-refractivity contribution in [1.29, 1.82) is 0 Å². The van der Waals surface area contributed by atoms with E-state index in [1.54, 1.807) is 30.3 Å². The Hall–Kier alpha value is -2.49. The minimum absolute atomic E-state index is 0.309. The number of ether oxygens (including phenoxy) is 2. The first kappa shape index (κ1) is 21.8. The van der Waals surface area contributed by atoms with Gasteiger partial charge < -0.3 is 14.8 Å². The molecule has 2 rings (SSSR count). The third-order valence-electron chi connectivity index (χ3n) is 3.82. The highest BCUT2D eigenvalue weighted by molar-refractivity contribution is 7.90. The van der Waals surface area contributed by atoms with Crippen LogP contribution in [0.2, 0.25) is 5.02 Å². The van der Waals surface area contributed by atoms with Gasteiger partial charge >= 0.3 is 10.2 Å². The average molecular weight is 428 g/mol. The topological polar surface area (TPSA) is 88.2 Å². The second-order valence-electron chi connectivity index (χ2n) is 5.87. The molecule has 1 amide bonds. The Bertz CT molecular complexity index is 936. The van der Waals surface area contributed by atoms with E-state index >= 15 is 0 Å². The Morgan fingerprint density at radius 1 is 1.07 bits per heavy atom. The molecule has 28 heavy (non-hydrogen) atoms. The van der Waals surface area contributed by atoms with Gasteiger partial charge in [-0.05, 0) is 12.1 Å². The predicted octanol–water partition coefficient (Wildman–Crippen LogP) is 2.61. The molecule has 8 nitrogen and oxygen atoms in total. The van der Waals surface area contributed by atoms with Crippen molar-refractivity contribution in [1.82, 2.24) is 4.31 Å². The Morgan fingerprint density at radius 2 is 1.68 bits per heavy atom. The van der Waals surface area contributed by atoms with Gasteiger partial charge in [-0.3, -0.25) is 4.79 Å². The number of nitrogens with one attached hydrogen (secondary N) is 1. The standard InChI is InChI=1S/C18H22ClN3O5S/c1-21(2)28(24,25)22(13-8-6-5-7-9-13)12-18(23)20-15-11-16(26-3)14(19)10-17(15)27-4/h5-11H,12H2,1-4H3,(H,20,23). The van der Waals surface area contributed by atoms with Gasteiger partial charge in [0.15, 0.2) is 0 Å². The van der Waals surface area contributed by atoms with Crippen LogP contribution in [0.5, 0.6) is 11.5 Å². The minimum atomic E-state index is -3.89. The Kier molecular flexibility index (Phi) is 7.11.